The lowest BCUT2D eigenvalue weighted by Gasteiger charge is -2.28. The van der Waals surface area contributed by atoms with Gasteiger partial charge in [0.25, 0.3) is 0 Å². The van der Waals surface area contributed by atoms with Crippen molar-refractivity contribution in [2.24, 2.45) is 44.6 Å². The van der Waals surface area contributed by atoms with Gasteiger partial charge in [-0.3, -0.25) is 38.8 Å². The number of phenols is 1. The summed E-state index contributed by atoms with van der Waals surface area (Å²) >= 11 is 0. The number of aliphatic hydroxyl groups is 3. The number of benzene rings is 1. The third-order valence-corrected chi connectivity index (χ3v) is 9.10. The Morgan fingerprint density at radius 3 is 1.45 bits per heavy atom. The lowest BCUT2D eigenvalue weighted by molar-refractivity contribution is -0.143. The molecule has 1 aromatic carbocycles. The van der Waals surface area contributed by atoms with E-state index in [0.29, 0.717) is 5.56 Å². The molecule has 0 aromatic heterocycles. The van der Waals surface area contributed by atoms with Gasteiger partial charge in [0.15, 0.2) is 11.9 Å². The van der Waals surface area contributed by atoms with Crippen molar-refractivity contribution in [1.29, 1.82) is 0 Å². The molecule has 0 spiro atoms. The van der Waals surface area contributed by atoms with E-state index in [1.54, 1.807) is 13.8 Å². The second-order valence-electron chi connectivity index (χ2n) is 14.8. The van der Waals surface area contributed by atoms with Gasteiger partial charge in [-0.2, -0.15) is 0 Å². The maximum atomic E-state index is 14.0. The van der Waals surface area contributed by atoms with Gasteiger partial charge in [-0.1, -0.05) is 26.0 Å². The Balaban J connectivity index is 3.50. The topological polar surface area (TPSA) is 448 Å². The highest BCUT2D eigenvalue weighted by Gasteiger charge is 2.35. The summed E-state index contributed by atoms with van der Waals surface area (Å²) < 4.78 is 0. The van der Waals surface area contributed by atoms with Crippen molar-refractivity contribution in [3.63, 3.8) is 0 Å². The lowest BCUT2D eigenvalue weighted by atomic mass is 10.0. The van der Waals surface area contributed by atoms with Crippen LogP contribution in [-0.4, -0.2) is 153 Å². The van der Waals surface area contributed by atoms with Gasteiger partial charge < -0.3 is 86.1 Å². The number of guanidine groups is 2. The molecular formula is C37H63N13O12. The highest BCUT2D eigenvalue weighted by Crippen LogP contribution is 2.13. The summed E-state index contributed by atoms with van der Waals surface area (Å²) in [5.74, 6) is -8.49. The molecule has 0 heterocycles. The van der Waals surface area contributed by atoms with Gasteiger partial charge >= 0.3 is 5.97 Å². The van der Waals surface area contributed by atoms with Crippen molar-refractivity contribution in [2.75, 3.05) is 19.7 Å². The number of carbonyl (C=O) groups excluding carboxylic acids is 6. The number of carboxylic acid groups (broad SMARTS) is 1. The molecule has 1 aromatic rings. The summed E-state index contributed by atoms with van der Waals surface area (Å²) in [5, 5.41) is 64.1. The van der Waals surface area contributed by atoms with Crippen LogP contribution in [0.3, 0.4) is 0 Å². The second kappa shape index (κ2) is 26.8. The van der Waals surface area contributed by atoms with Crippen LogP contribution in [0.2, 0.25) is 0 Å². The first-order valence-electron chi connectivity index (χ1n) is 19.6. The van der Waals surface area contributed by atoms with Crippen molar-refractivity contribution in [1.82, 2.24) is 31.9 Å². The van der Waals surface area contributed by atoms with Crippen LogP contribution in [-0.2, 0) is 40.0 Å². The molecule has 0 aliphatic heterocycles. The molecule has 6 amide bonds. The predicted octanol–water partition coefficient (Wildman–Crippen LogP) is -6.23. The minimum atomic E-state index is -1.74. The normalized spacial score (nSPS) is 15.4. The predicted molar refractivity (Wildman–Crippen MR) is 224 cm³/mol. The van der Waals surface area contributed by atoms with Gasteiger partial charge in [-0.25, -0.2) is 4.79 Å². The van der Waals surface area contributed by atoms with Gasteiger partial charge in [0.2, 0.25) is 35.4 Å². The summed E-state index contributed by atoms with van der Waals surface area (Å²) in [6.45, 7) is 4.54. The van der Waals surface area contributed by atoms with Crippen LogP contribution in [0.1, 0.15) is 58.9 Å². The van der Waals surface area contributed by atoms with Crippen LogP contribution in [0.4, 0.5) is 0 Å². The Morgan fingerprint density at radius 1 is 0.597 bits per heavy atom. The maximum Gasteiger partial charge on any atom is 0.326 e. The average molecular weight is 882 g/mol. The summed E-state index contributed by atoms with van der Waals surface area (Å²) in [6, 6.07) is -5.15. The number of aliphatic hydroxyl groups excluding tert-OH is 3. The number of amides is 6. The van der Waals surface area contributed by atoms with Gasteiger partial charge in [-0.05, 0) is 63.1 Å². The fraction of sp³-hybridized carbons (Fsp3) is 0.595. The number of carboxylic acids is 1. The second-order valence-corrected chi connectivity index (χ2v) is 14.8. The monoisotopic (exact) mass is 881 g/mol. The number of hydrogen-bond donors (Lipinski definition) is 16. The SMILES string of the molecule is CC(C)[C@H](NC(=O)[C@H](CCCN=C(N)N)NC(=O)[C@H](CO)NC(=O)[C@H](Cc1ccc(O)cc1)NC(=O)[C@H](CCCN=C(N)N)NC(=O)[C@@H](NC(=O)[C@@H](N)[C@@H](C)O)[C@@H](C)O)C(=O)O. The Morgan fingerprint density at radius 2 is 1.02 bits per heavy atom. The maximum absolute atomic E-state index is 14.0. The molecule has 0 aliphatic carbocycles. The zero-order chi connectivity index (χ0) is 47.3. The van der Waals surface area contributed by atoms with Gasteiger partial charge in [0, 0.05) is 19.5 Å². The van der Waals surface area contributed by atoms with Crippen LogP contribution >= 0.6 is 0 Å². The summed E-state index contributed by atoms with van der Waals surface area (Å²) in [7, 11) is 0. The number of aliphatic imine (C=N–C) groups is 2. The molecule has 1 rings (SSSR count). The first kappa shape index (κ1) is 53.7. The molecule has 25 heteroatoms. The Kier molecular flexibility index (Phi) is 23.2. The fourth-order valence-corrected chi connectivity index (χ4v) is 5.54. The minimum absolute atomic E-state index is 0.00571. The van der Waals surface area contributed by atoms with Crippen LogP contribution < -0.4 is 60.6 Å². The first-order chi connectivity index (χ1) is 29.0. The highest BCUT2D eigenvalue weighted by molar-refractivity contribution is 5.97. The number of hydrogen-bond acceptors (Lipinski definition) is 14. The molecule has 62 heavy (non-hydrogen) atoms. The summed E-state index contributed by atoms with van der Waals surface area (Å²) in [4.78, 5) is 100. The molecular weight excluding hydrogens is 818 g/mol. The Bertz CT molecular complexity index is 1720. The third kappa shape index (κ3) is 19.4. The first-order valence-corrected chi connectivity index (χ1v) is 19.6. The Hall–Kier alpha value is -6.31. The van der Waals surface area contributed by atoms with Crippen molar-refractivity contribution in [3.8, 4) is 5.75 Å². The molecule has 0 fully saturated rings. The van der Waals surface area contributed by atoms with Gasteiger partial charge in [0.1, 0.15) is 48.0 Å². The number of aromatic hydroxyl groups is 1. The summed E-state index contributed by atoms with van der Waals surface area (Å²) in [5.41, 5.74) is 27.6. The average Bonchev–Trinajstić information content (AvgIpc) is 3.19. The fourth-order valence-electron chi connectivity index (χ4n) is 5.54. The molecule has 25 nitrogen and oxygen atoms in total. The zero-order valence-corrected chi connectivity index (χ0v) is 35.1. The summed E-state index contributed by atoms with van der Waals surface area (Å²) in [6.07, 6.45) is -3.18. The standard InChI is InChI=1S/C37H63N13O12/c1-17(2)27(35(61)62)49-30(56)23(8-6-14-44-37(41)42)45-32(58)25(16-51)48-31(57)24(15-20-9-11-21(54)12-10-20)47-29(55)22(7-5-13-43-36(39)40)46-34(60)28(19(4)53)50-33(59)26(38)18(3)52/h9-12,17-19,22-28,51-54H,5-8,13-16,38H2,1-4H3,(H,45,58)(H,46,60)(H,47,55)(H,48,57)(H,49,56)(H,50,59)(H,61,62)(H4,39,40,43)(H4,41,42,44)/t18-,19-,22+,23+,24+,25+,26+,27+,28+/m1/s1. The van der Waals surface area contributed by atoms with E-state index < -0.39 is 108 Å². The van der Waals surface area contributed by atoms with E-state index in [4.69, 9.17) is 28.7 Å². The molecule has 0 aliphatic rings. The highest BCUT2D eigenvalue weighted by atomic mass is 16.4. The molecule has 0 unspecified atom stereocenters. The van der Waals surface area contributed by atoms with Crippen LogP contribution in [0.15, 0.2) is 34.3 Å². The van der Waals surface area contributed by atoms with Crippen molar-refractivity contribution in [3.05, 3.63) is 29.8 Å². The number of nitrogens with two attached hydrogens (primary N) is 5. The van der Waals surface area contributed by atoms with E-state index in [-0.39, 0.29) is 62.9 Å². The number of phenolic OH excluding ortho intramolecular Hbond substituents is 1. The van der Waals surface area contributed by atoms with E-state index in [9.17, 15) is 59.1 Å². The van der Waals surface area contributed by atoms with Crippen LogP contribution in [0.25, 0.3) is 0 Å². The third-order valence-electron chi connectivity index (χ3n) is 9.10. The molecule has 9 atom stereocenters. The number of carbonyl (C=O) groups is 7. The number of rotatable bonds is 27. The quantitative estimate of drug-likeness (QED) is 0.0222. The number of nitrogens with zero attached hydrogens (tertiary/aromatic N) is 2. The van der Waals surface area contributed by atoms with Gasteiger partial charge in [0.05, 0.1) is 18.8 Å². The minimum Gasteiger partial charge on any atom is -0.508 e. The van der Waals surface area contributed by atoms with E-state index in [1.165, 1.54) is 38.1 Å². The van der Waals surface area contributed by atoms with Crippen LogP contribution in [0.5, 0.6) is 5.75 Å². The van der Waals surface area contributed by atoms with E-state index in [0.717, 1.165) is 0 Å². The molecule has 0 bridgehead atoms. The smallest absolute Gasteiger partial charge is 0.326 e. The van der Waals surface area contributed by atoms with Crippen LogP contribution in [0, 0.1) is 5.92 Å². The van der Waals surface area contributed by atoms with E-state index in [2.05, 4.69) is 41.9 Å². The number of nitrogens with one attached hydrogen (secondary N) is 6. The molecule has 348 valence electrons. The molecule has 21 N–H and O–H groups in total. The molecule has 0 radical (unpaired) electrons. The number of aliphatic carboxylic acids is 1. The van der Waals surface area contributed by atoms with Crippen molar-refractivity contribution < 1.29 is 59.1 Å². The van der Waals surface area contributed by atoms with Crippen molar-refractivity contribution in [2.45, 2.75) is 114 Å². The van der Waals surface area contributed by atoms with E-state index >= 15 is 0 Å². The van der Waals surface area contributed by atoms with E-state index in [1.807, 2.05) is 0 Å². The van der Waals surface area contributed by atoms with Gasteiger partial charge in [-0.15, -0.1) is 0 Å². The largest absolute Gasteiger partial charge is 0.508 e. The molecule has 0 saturated heterocycles. The zero-order valence-electron chi connectivity index (χ0n) is 35.1. The lowest BCUT2D eigenvalue weighted by Crippen LogP contribution is -2.62. The Labute approximate surface area is 358 Å². The van der Waals surface area contributed by atoms with Crippen molar-refractivity contribution >= 4 is 53.3 Å². The molecule has 0 saturated carbocycles.